The van der Waals surface area contributed by atoms with Crippen LogP contribution in [0.3, 0.4) is 0 Å². The lowest BCUT2D eigenvalue weighted by atomic mass is 9.61. The molecule has 0 radical (unpaired) electrons. The molecule has 1 aromatic carbocycles. The number of aryl methyl sites for hydroxylation is 2. The normalized spacial score (nSPS) is 26.9. The van der Waals surface area contributed by atoms with E-state index >= 15 is 0 Å². The van der Waals surface area contributed by atoms with Gasteiger partial charge in [-0.15, -0.1) is 0 Å². The molecular formula is C26H36O2. The van der Waals surface area contributed by atoms with Gasteiger partial charge in [-0.2, -0.15) is 0 Å². The molecule has 2 unspecified atom stereocenters. The topological polar surface area (TPSA) is 34.1 Å². The molecule has 3 aliphatic rings. The standard InChI is InChI=1S/C26H36O2/c1-18-8-11-22(24(16-18)21-6-3-4-7-21)12-9-20-10-13-23(17-20)25(28)26(19(2)27)14-5-15-26/h8,11,16,20-21,23H,3-7,9-10,12-15,17H2,1-2H3. The maximum atomic E-state index is 13.1. The molecule has 2 heteroatoms. The lowest BCUT2D eigenvalue weighted by Gasteiger charge is -2.39. The molecule has 0 aromatic heterocycles. The van der Waals surface area contributed by atoms with E-state index < -0.39 is 5.41 Å². The Labute approximate surface area is 170 Å². The molecule has 0 N–H and O–H groups in total. The summed E-state index contributed by atoms with van der Waals surface area (Å²) in [6, 6.07) is 7.06. The summed E-state index contributed by atoms with van der Waals surface area (Å²) < 4.78 is 0. The molecule has 0 bridgehead atoms. The third kappa shape index (κ3) is 3.72. The van der Waals surface area contributed by atoms with E-state index in [1.54, 1.807) is 18.1 Å². The number of carbonyl (C=O) groups excluding carboxylic acids is 2. The van der Waals surface area contributed by atoms with Crippen LogP contribution in [0.4, 0.5) is 0 Å². The molecule has 0 spiro atoms. The van der Waals surface area contributed by atoms with Gasteiger partial charge in [-0.05, 0) is 94.6 Å². The Morgan fingerprint density at radius 3 is 2.43 bits per heavy atom. The third-order valence-electron chi connectivity index (χ3n) is 8.18. The van der Waals surface area contributed by atoms with Gasteiger partial charge in [0.1, 0.15) is 11.6 Å². The summed E-state index contributed by atoms with van der Waals surface area (Å²) in [5.41, 5.74) is 3.94. The monoisotopic (exact) mass is 380 g/mol. The van der Waals surface area contributed by atoms with E-state index in [9.17, 15) is 9.59 Å². The van der Waals surface area contributed by atoms with Crippen LogP contribution in [0.1, 0.15) is 100 Å². The van der Waals surface area contributed by atoms with Crippen molar-refractivity contribution in [3.63, 3.8) is 0 Å². The summed E-state index contributed by atoms with van der Waals surface area (Å²) in [5, 5.41) is 0. The van der Waals surface area contributed by atoms with Crippen LogP contribution < -0.4 is 0 Å². The van der Waals surface area contributed by atoms with Crippen molar-refractivity contribution in [3.8, 4) is 0 Å². The first-order valence-electron chi connectivity index (χ1n) is 11.6. The zero-order chi connectivity index (χ0) is 19.7. The Kier molecular flexibility index (Phi) is 5.76. The van der Waals surface area contributed by atoms with Crippen molar-refractivity contribution < 1.29 is 9.59 Å². The first-order valence-corrected chi connectivity index (χ1v) is 11.6. The third-order valence-corrected chi connectivity index (χ3v) is 8.18. The average molecular weight is 381 g/mol. The van der Waals surface area contributed by atoms with Crippen LogP contribution in [-0.2, 0) is 16.0 Å². The molecule has 2 atom stereocenters. The summed E-state index contributed by atoms with van der Waals surface area (Å²) in [5.74, 6) is 1.96. The summed E-state index contributed by atoms with van der Waals surface area (Å²) >= 11 is 0. The highest BCUT2D eigenvalue weighted by Crippen LogP contribution is 2.48. The fraction of sp³-hybridized carbons (Fsp3) is 0.692. The Balaban J connectivity index is 1.37. The van der Waals surface area contributed by atoms with Crippen molar-refractivity contribution in [2.45, 2.75) is 96.8 Å². The minimum Gasteiger partial charge on any atom is -0.299 e. The fourth-order valence-corrected chi connectivity index (χ4v) is 6.19. The molecule has 0 amide bonds. The smallest absolute Gasteiger partial charge is 0.149 e. The number of Topliss-reactive ketones (excluding diaryl/α,β-unsaturated/α-hetero) is 2. The number of hydrogen-bond donors (Lipinski definition) is 0. The zero-order valence-corrected chi connectivity index (χ0v) is 17.8. The molecule has 4 rings (SSSR count). The Morgan fingerprint density at radius 1 is 1.04 bits per heavy atom. The second-order valence-electron chi connectivity index (χ2n) is 9.95. The molecule has 28 heavy (non-hydrogen) atoms. The van der Waals surface area contributed by atoms with Gasteiger partial charge in [-0.3, -0.25) is 9.59 Å². The van der Waals surface area contributed by atoms with Crippen molar-refractivity contribution in [1.82, 2.24) is 0 Å². The molecular weight excluding hydrogens is 344 g/mol. The van der Waals surface area contributed by atoms with Crippen LogP contribution in [0.15, 0.2) is 18.2 Å². The van der Waals surface area contributed by atoms with E-state index in [0.717, 1.165) is 50.9 Å². The predicted octanol–water partition coefficient (Wildman–Crippen LogP) is 6.33. The van der Waals surface area contributed by atoms with Crippen molar-refractivity contribution >= 4 is 11.6 Å². The maximum Gasteiger partial charge on any atom is 0.149 e. The van der Waals surface area contributed by atoms with Gasteiger partial charge in [-0.25, -0.2) is 0 Å². The summed E-state index contributed by atoms with van der Waals surface area (Å²) in [7, 11) is 0. The molecule has 3 saturated carbocycles. The molecule has 0 aliphatic heterocycles. The first-order chi connectivity index (χ1) is 13.5. The number of ketones is 2. The van der Waals surface area contributed by atoms with Crippen molar-refractivity contribution in [3.05, 3.63) is 34.9 Å². The number of rotatable bonds is 7. The molecule has 0 saturated heterocycles. The summed E-state index contributed by atoms with van der Waals surface area (Å²) in [6.45, 7) is 3.84. The van der Waals surface area contributed by atoms with E-state index in [0.29, 0.717) is 5.92 Å². The van der Waals surface area contributed by atoms with Gasteiger partial charge < -0.3 is 0 Å². The highest BCUT2D eigenvalue weighted by Gasteiger charge is 2.51. The highest BCUT2D eigenvalue weighted by atomic mass is 16.2. The number of carbonyl (C=O) groups is 2. The Bertz CT molecular complexity index is 737. The zero-order valence-electron chi connectivity index (χ0n) is 17.8. The number of benzene rings is 1. The van der Waals surface area contributed by atoms with E-state index in [2.05, 4.69) is 25.1 Å². The SMILES string of the molecule is CC(=O)C1(C(=O)C2CCC(CCc3ccc(C)cc3C3CCCC3)C2)CCC1. The van der Waals surface area contributed by atoms with E-state index in [4.69, 9.17) is 0 Å². The molecule has 3 fully saturated rings. The molecule has 2 nitrogen and oxygen atoms in total. The van der Waals surface area contributed by atoms with Gasteiger partial charge in [-0.1, -0.05) is 43.0 Å². The maximum absolute atomic E-state index is 13.1. The Hall–Kier alpha value is -1.44. The van der Waals surface area contributed by atoms with Gasteiger partial charge in [0.2, 0.25) is 0 Å². The van der Waals surface area contributed by atoms with Crippen molar-refractivity contribution in [2.75, 3.05) is 0 Å². The molecule has 3 aliphatic carbocycles. The Morgan fingerprint density at radius 2 is 1.79 bits per heavy atom. The van der Waals surface area contributed by atoms with Crippen LogP contribution in [-0.4, -0.2) is 11.6 Å². The highest BCUT2D eigenvalue weighted by molar-refractivity contribution is 6.07. The fourth-order valence-electron chi connectivity index (χ4n) is 6.19. The van der Waals surface area contributed by atoms with Gasteiger partial charge in [0, 0.05) is 5.92 Å². The van der Waals surface area contributed by atoms with E-state index in [1.165, 1.54) is 37.7 Å². The van der Waals surface area contributed by atoms with Gasteiger partial charge >= 0.3 is 0 Å². The van der Waals surface area contributed by atoms with Crippen molar-refractivity contribution in [1.29, 1.82) is 0 Å². The summed E-state index contributed by atoms with van der Waals surface area (Å²) in [4.78, 5) is 25.2. The average Bonchev–Trinajstić information content (AvgIpc) is 3.31. The quantitative estimate of drug-likeness (QED) is 0.518. The largest absolute Gasteiger partial charge is 0.299 e. The second kappa shape index (κ2) is 8.13. The van der Waals surface area contributed by atoms with Gasteiger partial charge in [0.15, 0.2) is 0 Å². The van der Waals surface area contributed by atoms with Crippen LogP contribution in [0, 0.1) is 24.2 Å². The van der Waals surface area contributed by atoms with E-state index in [-0.39, 0.29) is 17.5 Å². The lowest BCUT2D eigenvalue weighted by Crippen LogP contribution is -2.46. The molecule has 0 heterocycles. The van der Waals surface area contributed by atoms with E-state index in [1.807, 2.05) is 0 Å². The minimum absolute atomic E-state index is 0.119. The lowest BCUT2D eigenvalue weighted by molar-refractivity contribution is -0.148. The molecule has 1 aromatic rings. The van der Waals surface area contributed by atoms with Crippen LogP contribution in [0.5, 0.6) is 0 Å². The van der Waals surface area contributed by atoms with Crippen LogP contribution in [0.25, 0.3) is 0 Å². The first kappa shape index (κ1) is 19.9. The predicted molar refractivity (Wildman–Crippen MR) is 114 cm³/mol. The molecule has 152 valence electrons. The minimum atomic E-state index is -0.591. The second-order valence-corrected chi connectivity index (χ2v) is 9.95. The van der Waals surface area contributed by atoms with Gasteiger partial charge in [0.05, 0.1) is 5.41 Å². The van der Waals surface area contributed by atoms with Crippen LogP contribution in [0.2, 0.25) is 0 Å². The van der Waals surface area contributed by atoms with Crippen molar-refractivity contribution in [2.24, 2.45) is 17.3 Å². The van der Waals surface area contributed by atoms with Crippen LogP contribution >= 0.6 is 0 Å². The number of hydrogen-bond acceptors (Lipinski definition) is 2. The van der Waals surface area contributed by atoms with Gasteiger partial charge in [0.25, 0.3) is 0 Å². The summed E-state index contributed by atoms with van der Waals surface area (Å²) in [6.07, 6.45) is 13.6.